The van der Waals surface area contributed by atoms with Crippen LogP contribution in [0.3, 0.4) is 0 Å². The fourth-order valence-corrected chi connectivity index (χ4v) is 0. The minimum atomic E-state index is 0.634. The summed E-state index contributed by atoms with van der Waals surface area (Å²) in [4.78, 5) is 0. The van der Waals surface area contributed by atoms with E-state index in [1.807, 2.05) is 6.92 Å². The first-order valence-corrected chi connectivity index (χ1v) is 3.31. The molecule has 0 rings (SSSR count). The van der Waals surface area contributed by atoms with Crippen LogP contribution in [0.5, 0.6) is 0 Å². The van der Waals surface area contributed by atoms with E-state index in [2.05, 4.69) is 27.7 Å². The van der Waals surface area contributed by atoms with Crippen LogP contribution >= 0.6 is 0 Å². The molecule has 0 heteroatoms. The van der Waals surface area contributed by atoms with Crippen LogP contribution in [0.25, 0.3) is 0 Å². The summed E-state index contributed by atoms with van der Waals surface area (Å²) < 4.78 is 0. The highest BCUT2D eigenvalue weighted by atomic mass is 13.9. The summed E-state index contributed by atoms with van der Waals surface area (Å²) in [6.45, 7) is 13.5. The van der Waals surface area contributed by atoms with Crippen molar-refractivity contribution in [2.24, 2.45) is 5.92 Å². The van der Waals surface area contributed by atoms with Crippen LogP contribution in [0, 0.1) is 19.8 Å². The molecule has 0 aromatic carbocycles. The lowest BCUT2D eigenvalue weighted by Crippen LogP contribution is -1.77. The summed E-state index contributed by atoms with van der Waals surface area (Å²) in [6, 6.07) is 0. The van der Waals surface area contributed by atoms with Crippen LogP contribution in [-0.2, 0) is 0 Å². The zero-order valence-electron chi connectivity index (χ0n) is 6.41. The van der Waals surface area contributed by atoms with E-state index < -0.39 is 0 Å². The van der Waals surface area contributed by atoms with Crippen LogP contribution in [0.2, 0.25) is 0 Å². The first kappa shape index (κ1) is 10.9. The Morgan fingerprint density at radius 3 is 1.50 bits per heavy atom. The molecular formula is C8H18. The van der Waals surface area contributed by atoms with Crippen LogP contribution in [-0.4, -0.2) is 0 Å². The normalized spacial score (nSPS) is 8.25. The van der Waals surface area contributed by atoms with Crippen LogP contribution in [0.1, 0.15) is 33.6 Å². The predicted octanol–water partition coefficient (Wildman–Crippen LogP) is 3.10. The van der Waals surface area contributed by atoms with Crippen LogP contribution < -0.4 is 0 Å². The third-order valence-electron chi connectivity index (χ3n) is 0.697. The van der Waals surface area contributed by atoms with Gasteiger partial charge >= 0.3 is 0 Å². The second kappa shape index (κ2) is 10.1. The molecule has 8 heavy (non-hydrogen) atoms. The number of hydrogen-bond donors (Lipinski definition) is 0. The van der Waals surface area contributed by atoms with E-state index in [1.165, 1.54) is 6.42 Å². The van der Waals surface area contributed by atoms with Crippen molar-refractivity contribution >= 4 is 0 Å². The number of hydrogen-bond acceptors (Lipinski definition) is 0. The van der Waals surface area contributed by atoms with Crippen molar-refractivity contribution in [2.75, 3.05) is 0 Å². The van der Waals surface area contributed by atoms with Gasteiger partial charge in [0.05, 0.1) is 0 Å². The molecule has 2 radical (unpaired) electrons. The quantitative estimate of drug-likeness (QED) is 0.491. The molecule has 0 aliphatic carbocycles. The van der Waals surface area contributed by atoms with Crippen molar-refractivity contribution in [3.05, 3.63) is 13.8 Å². The van der Waals surface area contributed by atoms with Gasteiger partial charge in [0.15, 0.2) is 0 Å². The summed E-state index contributed by atoms with van der Waals surface area (Å²) in [6.07, 6.45) is 2.19. The van der Waals surface area contributed by atoms with Crippen molar-refractivity contribution in [3.8, 4) is 0 Å². The first-order chi connectivity index (χ1) is 3.68. The summed E-state index contributed by atoms with van der Waals surface area (Å²) in [5, 5.41) is 0. The van der Waals surface area contributed by atoms with Gasteiger partial charge in [0.25, 0.3) is 0 Å². The van der Waals surface area contributed by atoms with Gasteiger partial charge in [0.2, 0.25) is 0 Å². The molecule has 0 saturated heterocycles. The molecule has 0 bridgehead atoms. The average Bonchev–Trinajstić information content (AvgIpc) is 1.69. The maximum Gasteiger partial charge on any atom is -0.0445 e. The Kier molecular flexibility index (Phi) is 13.7. The van der Waals surface area contributed by atoms with Crippen molar-refractivity contribution < 1.29 is 0 Å². The Morgan fingerprint density at radius 2 is 1.50 bits per heavy atom. The van der Waals surface area contributed by atoms with Gasteiger partial charge in [0, 0.05) is 0 Å². The highest BCUT2D eigenvalue weighted by Gasteiger charge is 1.80. The largest absolute Gasteiger partial charge is 0.0654 e. The Balaban J connectivity index is 0. The van der Waals surface area contributed by atoms with Gasteiger partial charge in [-0.2, -0.15) is 0 Å². The highest BCUT2D eigenvalue weighted by Crippen LogP contribution is 1.93. The molecule has 0 aromatic heterocycles. The summed E-state index contributed by atoms with van der Waals surface area (Å²) in [7, 11) is 0. The zero-order valence-corrected chi connectivity index (χ0v) is 6.41. The van der Waals surface area contributed by atoms with Crippen molar-refractivity contribution in [3.63, 3.8) is 0 Å². The summed E-state index contributed by atoms with van der Waals surface area (Å²) >= 11 is 0. The lowest BCUT2D eigenvalue weighted by molar-refractivity contribution is 0.694. The molecule has 0 fully saturated rings. The van der Waals surface area contributed by atoms with E-state index in [0.29, 0.717) is 5.92 Å². The molecule has 0 amide bonds. The number of rotatable bonds is 1. The SMILES string of the molecule is [CH2]C(C)CC.[CH2]CC. The zero-order chi connectivity index (χ0) is 6.99. The van der Waals surface area contributed by atoms with Crippen molar-refractivity contribution in [1.29, 1.82) is 0 Å². The van der Waals surface area contributed by atoms with Gasteiger partial charge in [0.1, 0.15) is 0 Å². The van der Waals surface area contributed by atoms with Crippen molar-refractivity contribution in [2.45, 2.75) is 33.6 Å². The van der Waals surface area contributed by atoms with Gasteiger partial charge in [-0.25, -0.2) is 0 Å². The third-order valence-corrected chi connectivity index (χ3v) is 0.697. The molecule has 0 aliphatic heterocycles. The molecule has 50 valence electrons. The maximum absolute atomic E-state index is 3.76. The van der Waals surface area contributed by atoms with Gasteiger partial charge in [-0.3, -0.25) is 0 Å². The molecule has 0 N–H and O–H groups in total. The lowest BCUT2D eigenvalue weighted by atomic mass is 10.2. The Hall–Kier alpha value is 0. The summed E-state index contributed by atoms with van der Waals surface area (Å²) in [5.41, 5.74) is 0. The van der Waals surface area contributed by atoms with Gasteiger partial charge < -0.3 is 0 Å². The second-order valence-corrected chi connectivity index (χ2v) is 2.01. The minimum Gasteiger partial charge on any atom is -0.0654 e. The van der Waals surface area contributed by atoms with E-state index in [-0.39, 0.29) is 0 Å². The molecule has 0 nitrogen and oxygen atoms in total. The maximum atomic E-state index is 3.76. The smallest absolute Gasteiger partial charge is 0.0445 e. The molecule has 1 atom stereocenters. The van der Waals surface area contributed by atoms with Crippen LogP contribution in [0.15, 0.2) is 0 Å². The molecule has 1 unspecified atom stereocenters. The molecule has 0 heterocycles. The molecule has 0 spiro atoms. The fourth-order valence-electron chi connectivity index (χ4n) is 0. The lowest BCUT2D eigenvalue weighted by Gasteiger charge is -1.90. The van der Waals surface area contributed by atoms with E-state index in [9.17, 15) is 0 Å². The molecule has 0 aliphatic rings. The Morgan fingerprint density at radius 1 is 1.38 bits per heavy atom. The topological polar surface area (TPSA) is 0 Å². The third kappa shape index (κ3) is 37.5. The monoisotopic (exact) mass is 114 g/mol. The van der Waals surface area contributed by atoms with E-state index in [4.69, 9.17) is 0 Å². The van der Waals surface area contributed by atoms with Crippen LogP contribution in [0.4, 0.5) is 0 Å². The Labute approximate surface area is 54.3 Å². The van der Waals surface area contributed by atoms with Gasteiger partial charge in [-0.15, -0.1) is 0 Å². The fraction of sp³-hybridized carbons (Fsp3) is 0.750. The second-order valence-electron chi connectivity index (χ2n) is 2.01. The average molecular weight is 114 g/mol. The van der Waals surface area contributed by atoms with Gasteiger partial charge in [-0.1, -0.05) is 47.5 Å². The molecule has 0 aromatic rings. The van der Waals surface area contributed by atoms with E-state index in [0.717, 1.165) is 6.42 Å². The first-order valence-electron chi connectivity index (χ1n) is 3.31. The summed E-state index contributed by atoms with van der Waals surface area (Å²) in [5.74, 6) is 0.634. The molecular weight excluding hydrogens is 96.1 g/mol. The van der Waals surface area contributed by atoms with Crippen molar-refractivity contribution in [1.82, 2.24) is 0 Å². The standard InChI is InChI=1S/C5H11.C3H7/c1-4-5(2)3;1-3-2/h5H,2,4H2,1,3H3;1,3H2,2H3. The predicted molar refractivity (Wildman–Crippen MR) is 40.5 cm³/mol. The highest BCUT2D eigenvalue weighted by molar-refractivity contribution is 4.46. The van der Waals surface area contributed by atoms with E-state index >= 15 is 0 Å². The minimum absolute atomic E-state index is 0.634. The Bertz CT molecular complexity index is 21.2. The van der Waals surface area contributed by atoms with Gasteiger partial charge in [-0.05, 0) is 5.92 Å². The van der Waals surface area contributed by atoms with E-state index in [1.54, 1.807) is 0 Å². The molecule has 0 saturated carbocycles.